The summed E-state index contributed by atoms with van der Waals surface area (Å²) in [4.78, 5) is 23.4. The Hall–Kier alpha value is -3.56. The highest BCUT2D eigenvalue weighted by atomic mass is 19.1. The number of amides is 2. The molecule has 2 rings (SSSR count). The predicted molar refractivity (Wildman–Crippen MR) is 89.4 cm³/mol. The number of halogens is 2. The van der Waals surface area contributed by atoms with Crippen molar-refractivity contribution in [3.63, 3.8) is 0 Å². The van der Waals surface area contributed by atoms with Gasteiger partial charge >= 0.3 is 11.8 Å². The lowest BCUT2D eigenvalue weighted by atomic mass is 10.3. The molecule has 0 saturated carbocycles. The summed E-state index contributed by atoms with van der Waals surface area (Å²) in [6.07, 6.45) is 0. The predicted octanol–water partition coefficient (Wildman–Crippen LogP) is 1.57. The van der Waals surface area contributed by atoms with Crippen LogP contribution in [0.2, 0.25) is 0 Å². The maximum atomic E-state index is 13.3. The molecule has 0 heterocycles. The zero-order valence-electron chi connectivity index (χ0n) is 13.9. The van der Waals surface area contributed by atoms with Crippen LogP contribution in [0.4, 0.5) is 20.2 Å². The number of rotatable bonds is 6. The zero-order valence-corrected chi connectivity index (χ0v) is 13.9. The van der Waals surface area contributed by atoms with Crippen molar-refractivity contribution in [2.45, 2.75) is 0 Å². The number of benzene rings is 2. The molecule has 0 unspecified atom stereocenters. The van der Waals surface area contributed by atoms with Gasteiger partial charge < -0.3 is 9.47 Å². The van der Waals surface area contributed by atoms with E-state index in [0.29, 0.717) is 11.4 Å². The number of anilines is 2. The van der Waals surface area contributed by atoms with Crippen LogP contribution in [0.25, 0.3) is 0 Å². The van der Waals surface area contributed by atoms with Gasteiger partial charge in [0, 0.05) is 12.1 Å². The Labute approximate surface area is 147 Å². The minimum Gasteiger partial charge on any atom is -0.494 e. The van der Waals surface area contributed by atoms with Crippen LogP contribution in [0, 0.1) is 11.6 Å². The quantitative estimate of drug-likeness (QED) is 0.457. The Morgan fingerprint density at radius 1 is 0.769 bits per heavy atom. The van der Waals surface area contributed by atoms with Crippen molar-refractivity contribution in [1.82, 2.24) is 10.9 Å². The van der Waals surface area contributed by atoms with Crippen molar-refractivity contribution in [2.24, 2.45) is 0 Å². The lowest BCUT2D eigenvalue weighted by Gasteiger charge is -2.12. The maximum Gasteiger partial charge on any atom is 0.329 e. The van der Waals surface area contributed by atoms with Gasteiger partial charge in [-0.15, -0.1) is 0 Å². The van der Waals surface area contributed by atoms with Gasteiger partial charge in [0.05, 0.1) is 25.6 Å². The van der Waals surface area contributed by atoms with E-state index in [4.69, 9.17) is 9.47 Å². The van der Waals surface area contributed by atoms with Gasteiger partial charge in [-0.25, -0.2) is 8.78 Å². The van der Waals surface area contributed by atoms with Crippen LogP contribution in [0.1, 0.15) is 0 Å². The molecule has 0 aliphatic heterocycles. The molecule has 0 aromatic heterocycles. The van der Waals surface area contributed by atoms with Crippen LogP contribution in [-0.2, 0) is 9.59 Å². The summed E-state index contributed by atoms with van der Waals surface area (Å²) in [5.41, 5.74) is 9.77. The normalized spacial score (nSPS) is 9.85. The van der Waals surface area contributed by atoms with Gasteiger partial charge in [0.1, 0.15) is 0 Å². The molecular weight excluding hydrogens is 350 g/mol. The first kappa shape index (κ1) is 18.8. The number of hydrazine groups is 2. The molecule has 8 nitrogen and oxygen atoms in total. The SMILES string of the molecule is COc1cc(NNC(=O)C(=O)NNc2ccc(F)c(OC)c2)ccc1F. The first-order valence-electron chi connectivity index (χ1n) is 7.24. The summed E-state index contributed by atoms with van der Waals surface area (Å²) in [6.45, 7) is 0. The van der Waals surface area contributed by atoms with Gasteiger partial charge in [-0.3, -0.25) is 31.3 Å². The third-order valence-corrected chi connectivity index (χ3v) is 3.15. The number of carbonyl (C=O) groups excluding carboxylic acids is 2. The van der Waals surface area contributed by atoms with E-state index in [0.717, 1.165) is 12.1 Å². The number of ether oxygens (including phenoxy) is 2. The van der Waals surface area contributed by atoms with Gasteiger partial charge in [-0.2, -0.15) is 0 Å². The van der Waals surface area contributed by atoms with Crippen LogP contribution in [0.3, 0.4) is 0 Å². The number of hydrogen-bond donors (Lipinski definition) is 4. The van der Waals surface area contributed by atoms with Crippen LogP contribution in [0.5, 0.6) is 11.5 Å². The Morgan fingerprint density at radius 3 is 1.50 bits per heavy atom. The van der Waals surface area contributed by atoms with Gasteiger partial charge in [-0.1, -0.05) is 0 Å². The summed E-state index contributed by atoms with van der Waals surface area (Å²) < 4.78 is 36.2. The summed E-state index contributed by atoms with van der Waals surface area (Å²) in [6, 6.07) is 7.57. The summed E-state index contributed by atoms with van der Waals surface area (Å²) >= 11 is 0. The van der Waals surface area contributed by atoms with E-state index in [-0.39, 0.29) is 11.5 Å². The lowest BCUT2D eigenvalue weighted by molar-refractivity contribution is -0.138. The summed E-state index contributed by atoms with van der Waals surface area (Å²) in [5.74, 6) is -3.23. The second kappa shape index (κ2) is 8.51. The molecule has 10 heteroatoms. The standard InChI is InChI=1S/C16H16F2N4O4/c1-25-13-7-9(3-5-11(13)17)19-21-15(23)16(24)22-20-10-4-6-12(18)14(8-10)26-2/h3-8,19-20H,1-2H3,(H,21,23)(H,22,24). The van der Waals surface area contributed by atoms with Crippen LogP contribution in [0.15, 0.2) is 36.4 Å². The molecular formula is C16H16F2N4O4. The number of nitrogens with one attached hydrogen (secondary N) is 4. The average molecular weight is 366 g/mol. The average Bonchev–Trinajstić information content (AvgIpc) is 2.66. The molecule has 0 bridgehead atoms. The second-order valence-corrected chi connectivity index (χ2v) is 4.86. The highest BCUT2D eigenvalue weighted by Gasteiger charge is 2.13. The van der Waals surface area contributed by atoms with Gasteiger partial charge in [0.2, 0.25) is 0 Å². The Bertz CT molecular complexity index is 749. The molecule has 2 aromatic carbocycles. The van der Waals surface area contributed by atoms with Gasteiger partial charge in [0.15, 0.2) is 23.1 Å². The van der Waals surface area contributed by atoms with Crippen LogP contribution in [-0.4, -0.2) is 26.0 Å². The topological polar surface area (TPSA) is 101 Å². The second-order valence-electron chi connectivity index (χ2n) is 4.86. The van der Waals surface area contributed by atoms with Crippen LogP contribution < -0.4 is 31.2 Å². The van der Waals surface area contributed by atoms with E-state index in [9.17, 15) is 18.4 Å². The Kier molecular flexibility index (Phi) is 6.15. The highest BCUT2D eigenvalue weighted by molar-refractivity contribution is 6.35. The fourth-order valence-electron chi connectivity index (χ4n) is 1.85. The van der Waals surface area contributed by atoms with E-state index >= 15 is 0 Å². The summed E-state index contributed by atoms with van der Waals surface area (Å²) in [7, 11) is 2.59. The smallest absolute Gasteiger partial charge is 0.329 e. The van der Waals surface area contributed by atoms with Gasteiger partial charge in [-0.05, 0) is 24.3 Å². The van der Waals surface area contributed by atoms with E-state index in [2.05, 4.69) is 21.7 Å². The van der Waals surface area contributed by atoms with Crippen molar-refractivity contribution in [3.8, 4) is 11.5 Å². The molecule has 2 aromatic rings. The van der Waals surface area contributed by atoms with Crippen molar-refractivity contribution in [3.05, 3.63) is 48.0 Å². The molecule has 0 atom stereocenters. The minimum absolute atomic E-state index is 0.0272. The number of methoxy groups -OCH3 is 2. The number of carbonyl (C=O) groups is 2. The zero-order chi connectivity index (χ0) is 19.1. The summed E-state index contributed by atoms with van der Waals surface area (Å²) in [5, 5.41) is 0. The minimum atomic E-state index is -1.02. The fraction of sp³-hybridized carbons (Fsp3) is 0.125. The highest BCUT2D eigenvalue weighted by Crippen LogP contribution is 2.21. The molecule has 0 radical (unpaired) electrons. The molecule has 138 valence electrons. The Morgan fingerprint density at radius 2 is 1.15 bits per heavy atom. The lowest BCUT2D eigenvalue weighted by Crippen LogP contribution is -2.44. The monoisotopic (exact) mass is 366 g/mol. The molecule has 26 heavy (non-hydrogen) atoms. The molecule has 0 aliphatic carbocycles. The van der Waals surface area contributed by atoms with Crippen molar-refractivity contribution >= 4 is 23.2 Å². The van der Waals surface area contributed by atoms with E-state index in [1.807, 2.05) is 0 Å². The van der Waals surface area contributed by atoms with Crippen molar-refractivity contribution in [2.75, 3.05) is 25.1 Å². The first-order valence-corrected chi connectivity index (χ1v) is 7.24. The van der Waals surface area contributed by atoms with Gasteiger partial charge in [0.25, 0.3) is 0 Å². The Balaban J connectivity index is 1.87. The molecule has 2 amide bonds. The largest absolute Gasteiger partial charge is 0.494 e. The van der Waals surface area contributed by atoms with Crippen molar-refractivity contribution in [1.29, 1.82) is 0 Å². The molecule has 4 N–H and O–H groups in total. The third-order valence-electron chi connectivity index (χ3n) is 3.15. The molecule has 0 aliphatic rings. The fourth-order valence-corrected chi connectivity index (χ4v) is 1.85. The maximum absolute atomic E-state index is 13.3. The van der Waals surface area contributed by atoms with Crippen molar-refractivity contribution < 1.29 is 27.8 Å². The first-order chi connectivity index (χ1) is 12.4. The third kappa shape index (κ3) is 4.72. The number of hydrogen-bond acceptors (Lipinski definition) is 6. The van der Waals surface area contributed by atoms with E-state index in [1.54, 1.807) is 0 Å². The van der Waals surface area contributed by atoms with E-state index in [1.165, 1.54) is 38.5 Å². The van der Waals surface area contributed by atoms with Crippen LogP contribution >= 0.6 is 0 Å². The van der Waals surface area contributed by atoms with E-state index < -0.39 is 23.4 Å². The molecule has 0 fully saturated rings. The molecule has 0 saturated heterocycles. The molecule has 0 spiro atoms.